The Morgan fingerprint density at radius 1 is 1.33 bits per heavy atom. The van der Waals surface area contributed by atoms with Crippen LogP contribution in [0.5, 0.6) is 0 Å². The molecule has 2 heterocycles. The zero-order valence-corrected chi connectivity index (χ0v) is 15.9. The van der Waals surface area contributed by atoms with Crippen LogP contribution >= 0.6 is 0 Å². The maximum Gasteiger partial charge on any atom is 0.407 e. The number of alkyl carbamates (subject to hydrolysis) is 1. The van der Waals surface area contributed by atoms with Crippen LogP contribution in [0, 0.1) is 6.92 Å². The van der Waals surface area contributed by atoms with Gasteiger partial charge in [-0.3, -0.25) is 5.10 Å². The number of carbonyl (C=O) groups is 1. The van der Waals surface area contributed by atoms with Crippen LogP contribution in [0.2, 0.25) is 0 Å². The topological polar surface area (TPSA) is 95.7 Å². The second-order valence-corrected chi connectivity index (χ2v) is 7.60. The monoisotopic (exact) mass is 367 g/mol. The quantitative estimate of drug-likeness (QED) is 0.649. The van der Waals surface area contributed by atoms with Crippen molar-refractivity contribution >= 4 is 17.1 Å². The van der Waals surface area contributed by atoms with Crippen molar-refractivity contribution in [3.8, 4) is 11.5 Å². The first-order chi connectivity index (χ1) is 13.0. The van der Waals surface area contributed by atoms with Gasteiger partial charge in [-0.05, 0) is 57.7 Å². The molecule has 0 unspecified atom stereocenters. The Labute approximate surface area is 157 Å². The van der Waals surface area contributed by atoms with E-state index in [4.69, 9.17) is 4.74 Å². The van der Waals surface area contributed by atoms with Crippen LogP contribution in [0.4, 0.5) is 4.79 Å². The number of benzene rings is 1. The first-order valence-corrected chi connectivity index (χ1v) is 9.47. The lowest BCUT2D eigenvalue weighted by Gasteiger charge is -2.14. The maximum atomic E-state index is 11.8. The van der Waals surface area contributed by atoms with E-state index >= 15 is 0 Å². The van der Waals surface area contributed by atoms with Crippen LogP contribution < -0.4 is 5.32 Å². The van der Waals surface area contributed by atoms with Crippen LogP contribution in [0.3, 0.4) is 0 Å². The highest BCUT2D eigenvalue weighted by Crippen LogP contribution is 2.36. The van der Waals surface area contributed by atoms with Crippen molar-refractivity contribution in [1.29, 1.82) is 0 Å². The molecule has 142 valence electrons. The molecule has 0 aliphatic heterocycles. The Kier molecular flexibility index (Phi) is 4.59. The Balaban J connectivity index is 1.45. The third kappa shape index (κ3) is 3.67. The number of imidazole rings is 1. The summed E-state index contributed by atoms with van der Waals surface area (Å²) in [7, 11) is 0. The molecule has 3 aromatic rings. The molecule has 1 fully saturated rings. The van der Waals surface area contributed by atoms with Crippen molar-refractivity contribution < 1.29 is 9.53 Å². The fourth-order valence-corrected chi connectivity index (χ4v) is 3.71. The van der Waals surface area contributed by atoms with Gasteiger partial charge in [0.1, 0.15) is 11.8 Å². The third-order valence-electron chi connectivity index (χ3n) is 5.06. The standard InChI is InChI=1S/C20H25N5O2/c1-11(2)21-20(26)27-14-8-7-13(9-14)16-10-17(25-24-16)19-22-15-6-4-5-12(3)18(15)23-19/h4-6,10-11,13-14H,7-9H2,1-3H3,(H,21,26)(H,22,23)(H,24,25)/t13-,14+/m0/s1. The van der Waals surface area contributed by atoms with Crippen molar-refractivity contribution in [1.82, 2.24) is 25.5 Å². The van der Waals surface area contributed by atoms with Gasteiger partial charge in [-0.1, -0.05) is 12.1 Å². The second-order valence-electron chi connectivity index (χ2n) is 7.60. The molecule has 0 radical (unpaired) electrons. The molecule has 1 aromatic carbocycles. The zero-order valence-electron chi connectivity index (χ0n) is 15.9. The fraction of sp³-hybridized carbons (Fsp3) is 0.450. The number of para-hydroxylation sites is 1. The largest absolute Gasteiger partial charge is 0.446 e. The average molecular weight is 367 g/mol. The molecule has 27 heavy (non-hydrogen) atoms. The van der Waals surface area contributed by atoms with Crippen molar-refractivity contribution in [2.24, 2.45) is 0 Å². The number of nitrogens with one attached hydrogen (secondary N) is 3. The summed E-state index contributed by atoms with van der Waals surface area (Å²) in [5, 5.41) is 10.4. The first kappa shape index (κ1) is 17.6. The predicted molar refractivity (Wildman–Crippen MR) is 104 cm³/mol. The summed E-state index contributed by atoms with van der Waals surface area (Å²) in [5.41, 5.74) is 5.00. The SMILES string of the molecule is Cc1cccc2[nH]c(-c3cc([C@H]4CC[C@@H](OC(=O)NC(C)C)C4)[nH]n3)nc12. The highest BCUT2D eigenvalue weighted by atomic mass is 16.6. The highest BCUT2D eigenvalue weighted by Gasteiger charge is 2.30. The number of hydrogen-bond donors (Lipinski definition) is 3. The molecule has 0 saturated heterocycles. The Hall–Kier alpha value is -2.83. The fourth-order valence-electron chi connectivity index (χ4n) is 3.71. The number of aryl methyl sites for hydroxylation is 1. The average Bonchev–Trinajstić information content (AvgIpc) is 3.32. The van der Waals surface area contributed by atoms with Gasteiger partial charge in [-0.2, -0.15) is 5.10 Å². The van der Waals surface area contributed by atoms with Crippen LogP contribution in [0.15, 0.2) is 24.3 Å². The van der Waals surface area contributed by atoms with Gasteiger partial charge >= 0.3 is 6.09 Å². The van der Waals surface area contributed by atoms with Crippen LogP contribution in [-0.2, 0) is 4.74 Å². The molecule has 7 nitrogen and oxygen atoms in total. The summed E-state index contributed by atoms with van der Waals surface area (Å²) in [4.78, 5) is 19.8. The summed E-state index contributed by atoms with van der Waals surface area (Å²) < 4.78 is 5.52. The lowest BCUT2D eigenvalue weighted by molar-refractivity contribution is 0.0981. The molecule has 1 saturated carbocycles. The molecule has 3 N–H and O–H groups in total. The normalized spacial score (nSPS) is 19.7. The number of aromatic amines is 2. The van der Waals surface area contributed by atoms with Gasteiger partial charge in [0.05, 0.1) is 11.0 Å². The van der Waals surface area contributed by atoms with Gasteiger partial charge < -0.3 is 15.0 Å². The molecular formula is C20H25N5O2. The van der Waals surface area contributed by atoms with Gasteiger partial charge in [0, 0.05) is 17.7 Å². The summed E-state index contributed by atoms with van der Waals surface area (Å²) >= 11 is 0. The van der Waals surface area contributed by atoms with Crippen LogP contribution in [0.25, 0.3) is 22.6 Å². The molecular weight excluding hydrogens is 342 g/mol. The number of rotatable bonds is 4. The minimum Gasteiger partial charge on any atom is -0.446 e. The van der Waals surface area contributed by atoms with Gasteiger partial charge in [-0.25, -0.2) is 9.78 Å². The Morgan fingerprint density at radius 2 is 2.19 bits per heavy atom. The third-order valence-corrected chi connectivity index (χ3v) is 5.06. The van der Waals surface area contributed by atoms with Crippen molar-refractivity contribution in [2.75, 3.05) is 0 Å². The number of aromatic nitrogens is 4. The van der Waals surface area contributed by atoms with E-state index in [0.29, 0.717) is 5.92 Å². The molecule has 0 bridgehead atoms. The second kappa shape index (κ2) is 7.06. The van der Waals surface area contributed by atoms with Crippen molar-refractivity contribution in [3.63, 3.8) is 0 Å². The summed E-state index contributed by atoms with van der Waals surface area (Å²) in [6.07, 6.45) is 2.27. The van der Waals surface area contributed by atoms with Gasteiger partial charge in [0.2, 0.25) is 0 Å². The van der Waals surface area contributed by atoms with E-state index in [1.807, 2.05) is 32.0 Å². The lowest BCUT2D eigenvalue weighted by atomic mass is 10.0. The number of nitrogens with zero attached hydrogens (tertiary/aromatic N) is 2. The van der Waals surface area contributed by atoms with E-state index in [0.717, 1.165) is 53.1 Å². The number of amides is 1. The number of H-pyrrole nitrogens is 2. The van der Waals surface area contributed by atoms with E-state index in [1.165, 1.54) is 0 Å². The van der Waals surface area contributed by atoms with Crippen LogP contribution in [-0.4, -0.2) is 38.4 Å². The molecule has 2 aromatic heterocycles. The van der Waals surface area contributed by atoms with E-state index in [9.17, 15) is 4.79 Å². The molecule has 0 spiro atoms. The van der Waals surface area contributed by atoms with Gasteiger partial charge in [-0.15, -0.1) is 0 Å². The number of carbonyl (C=O) groups excluding carboxylic acids is 1. The minimum absolute atomic E-state index is 0.0469. The molecule has 1 aliphatic rings. The molecule has 4 rings (SSSR count). The molecule has 1 amide bonds. The summed E-state index contributed by atoms with van der Waals surface area (Å²) in [6, 6.07) is 8.22. The summed E-state index contributed by atoms with van der Waals surface area (Å²) in [5.74, 6) is 1.08. The molecule has 7 heteroatoms. The minimum atomic E-state index is -0.335. The maximum absolute atomic E-state index is 11.8. The van der Waals surface area contributed by atoms with E-state index in [1.54, 1.807) is 0 Å². The first-order valence-electron chi connectivity index (χ1n) is 9.47. The smallest absolute Gasteiger partial charge is 0.407 e. The number of fused-ring (bicyclic) bond motifs is 1. The van der Waals surface area contributed by atoms with E-state index < -0.39 is 0 Å². The number of hydrogen-bond acceptors (Lipinski definition) is 4. The van der Waals surface area contributed by atoms with Crippen LogP contribution in [0.1, 0.15) is 50.3 Å². The van der Waals surface area contributed by atoms with Crippen molar-refractivity contribution in [2.45, 2.75) is 58.1 Å². The Morgan fingerprint density at radius 3 is 2.96 bits per heavy atom. The van der Waals surface area contributed by atoms with Crippen molar-refractivity contribution in [3.05, 3.63) is 35.5 Å². The van der Waals surface area contributed by atoms with Gasteiger partial charge in [0.15, 0.2) is 5.82 Å². The Bertz CT molecular complexity index is 958. The summed E-state index contributed by atoms with van der Waals surface area (Å²) in [6.45, 7) is 5.89. The zero-order chi connectivity index (χ0) is 19.0. The predicted octanol–water partition coefficient (Wildman–Crippen LogP) is 4.03. The van der Waals surface area contributed by atoms with Gasteiger partial charge in [0.25, 0.3) is 0 Å². The van der Waals surface area contributed by atoms with E-state index in [-0.39, 0.29) is 18.2 Å². The molecule has 2 atom stereocenters. The van der Waals surface area contributed by atoms with E-state index in [2.05, 4.69) is 38.5 Å². The number of ether oxygens (including phenoxy) is 1. The lowest BCUT2D eigenvalue weighted by Crippen LogP contribution is -2.33. The highest BCUT2D eigenvalue weighted by molar-refractivity contribution is 5.81. The molecule has 1 aliphatic carbocycles.